The maximum Gasteiger partial charge on any atom is 0.0588 e. The van der Waals surface area contributed by atoms with Crippen LogP contribution in [0.5, 0.6) is 0 Å². The predicted molar refractivity (Wildman–Crippen MR) is 225 cm³/mol. The number of fused-ring (bicyclic) bond motifs is 16. The molecule has 0 aliphatic heterocycles. The SMILES string of the molecule is CC1(C)c2cc3c(cc2-c2ccc4c5ccccc5n(-c5ccc6c(c5)c5ccccc5n6-c5ccccc5)c4c21)c1c(c2ccccc23)C=CCC1. The van der Waals surface area contributed by atoms with Crippen LogP contribution < -0.4 is 0 Å². The van der Waals surface area contributed by atoms with E-state index in [1.807, 2.05) is 0 Å². The van der Waals surface area contributed by atoms with Gasteiger partial charge in [0.1, 0.15) is 0 Å². The Morgan fingerprint density at radius 1 is 0.472 bits per heavy atom. The van der Waals surface area contributed by atoms with Gasteiger partial charge in [0.2, 0.25) is 0 Å². The summed E-state index contributed by atoms with van der Waals surface area (Å²) >= 11 is 0. The van der Waals surface area contributed by atoms with E-state index in [0.29, 0.717) is 0 Å². The fraction of sp³-hybridized carbons (Fsp3) is 0.0980. The van der Waals surface area contributed by atoms with Crippen LogP contribution in [0.1, 0.15) is 42.5 Å². The molecule has 2 aliphatic rings. The van der Waals surface area contributed by atoms with Crippen molar-refractivity contribution < 1.29 is 0 Å². The summed E-state index contributed by atoms with van der Waals surface area (Å²) < 4.78 is 4.97. The first-order valence-corrected chi connectivity index (χ1v) is 18.9. The highest BCUT2D eigenvalue weighted by Gasteiger charge is 2.39. The van der Waals surface area contributed by atoms with Crippen molar-refractivity contribution in [2.24, 2.45) is 0 Å². The summed E-state index contributed by atoms with van der Waals surface area (Å²) in [7, 11) is 0. The maximum absolute atomic E-state index is 2.56. The molecular formula is C51H36N2. The molecule has 250 valence electrons. The molecule has 0 N–H and O–H groups in total. The van der Waals surface area contributed by atoms with Crippen molar-refractivity contribution in [2.45, 2.75) is 32.1 Å². The normalized spacial score (nSPS) is 14.5. The van der Waals surface area contributed by atoms with Gasteiger partial charge in [-0.05, 0) is 122 Å². The lowest BCUT2D eigenvalue weighted by Gasteiger charge is -2.25. The minimum absolute atomic E-state index is 0.213. The smallest absolute Gasteiger partial charge is 0.0588 e. The standard InChI is InChI=1S/C51H36N2/c1-51(2)45-30-42-36-19-9-7-17-34(36)33-16-6-8-18-35(33)41(42)29-43(45)39-25-26-40-37-20-10-13-23-47(37)53(50(40)49(39)51)32-24-27-48-44(28-32)38-21-11-12-22-46(38)52(48)31-14-4-3-5-15-31/h3-7,9-17,19-30H,8,18H2,1-2H3. The number of nitrogens with zero attached hydrogens (tertiary/aromatic N) is 2. The van der Waals surface area contributed by atoms with Crippen LogP contribution in [0.25, 0.3) is 93.7 Å². The van der Waals surface area contributed by atoms with E-state index in [2.05, 4.69) is 181 Å². The lowest BCUT2D eigenvalue weighted by atomic mass is 9.79. The van der Waals surface area contributed by atoms with Gasteiger partial charge >= 0.3 is 0 Å². The van der Waals surface area contributed by atoms with Crippen LogP contribution in [0.4, 0.5) is 0 Å². The Balaban J connectivity index is 1.17. The van der Waals surface area contributed by atoms with Gasteiger partial charge in [-0.15, -0.1) is 0 Å². The molecular weight excluding hydrogens is 641 g/mol. The molecule has 0 fully saturated rings. The highest BCUT2D eigenvalue weighted by atomic mass is 15.0. The van der Waals surface area contributed by atoms with Gasteiger partial charge < -0.3 is 9.13 Å². The van der Waals surface area contributed by atoms with Gasteiger partial charge in [0.15, 0.2) is 0 Å². The summed E-state index contributed by atoms with van der Waals surface area (Å²) in [5.41, 5.74) is 15.6. The van der Waals surface area contributed by atoms with E-state index < -0.39 is 0 Å². The van der Waals surface area contributed by atoms with Crippen molar-refractivity contribution in [3.05, 3.63) is 174 Å². The van der Waals surface area contributed by atoms with Crippen molar-refractivity contribution in [1.82, 2.24) is 9.13 Å². The van der Waals surface area contributed by atoms with Gasteiger partial charge in [0.05, 0.1) is 22.1 Å². The number of para-hydroxylation sites is 3. The Morgan fingerprint density at radius 3 is 1.96 bits per heavy atom. The number of hydrogen-bond acceptors (Lipinski definition) is 0. The number of aryl methyl sites for hydroxylation is 1. The third-order valence-corrected chi connectivity index (χ3v) is 12.5. The maximum atomic E-state index is 2.56. The molecule has 0 spiro atoms. The molecule has 2 nitrogen and oxygen atoms in total. The zero-order valence-electron chi connectivity index (χ0n) is 29.8. The Labute approximate surface area is 307 Å². The molecule has 12 rings (SSSR count). The molecule has 2 aromatic heterocycles. The molecule has 10 aromatic rings. The average Bonchev–Trinajstić information content (AvgIpc) is 3.80. The third kappa shape index (κ3) is 3.78. The molecule has 2 aliphatic carbocycles. The van der Waals surface area contributed by atoms with E-state index >= 15 is 0 Å². The number of aromatic nitrogens is 2. The molecule has 2 heterocycles. The highest BCUT2D eigenvalue weighted by molar-refractivity contribution is 6.17. The third-order valence-electron chi connectivity index (χ3n) is 12.5. The lowest BCUT2D eigenvalue weighted by molar-refractivity contribution is 0.665. The van der Waals surface area contributed by atoms with E-state index in [0.717, 1.165) is 12.8 Å². The minimum Gasteiger partial charge on any atom is -0.309 e. The molecule has 0 amide bonds. The van der Waals surface area contributed by atoms with Gasteiger partial charge in [-0.2, -0.15) is 0 Å². The number of allylic oxidation sites excluding steroid dienone is 1. The molecule has 2 heteroatoms. The Hall–Kier alpha value is -6.38. The van der Waals surface area contributed by atoms with Crippen molar-refractivity contribution in [3.8, 4) is 22.5 Å². The first-order valence-electron chi connectivity index (χ1n) is 18.9. The van der Waals surface area contributed by atoms with Crippen LogP contribution in [-0.2, 0) is 11.8 Å². The molecule has 0 bridgehead atoms. The quantitative estimate of drug-likeness (QED) is 0.161. The van der Waals surface area contributed by atoms with Crippen LogP contribution in [-0.4, -0.2) is 9.13 Å². The van der Waals surface area contributed by atoms with E-state index in [1.54, 1.807) is 0 Å². The van der Waals surface area contributed by atoms with E-state index in [-0.39, 0.29) is 5.41 Å². The van der Waals surface area contributed by atoms with E-state index in [1.165, 1.54) is 110 Å². The first kappa shape index (κ1) is 29.2. The molecule has 0 radical (unpaired) electrons. The van der Waals surface area contributed by atoms with Crippen LogP contribution in [0.3, 0.4) is 0 Å². The van der Waals surface area contributed by atoms with Gasteiger partial charge in [0.25, 0.3) is 0 Å². The zero-order chi connectivity index (χ0) is 35.0. The fourth-order valence-electron chi connectivity index (χ4n) is 10.2. The van der Waals surface area contributed by atoms with Crippen molar-refractivity contribution >= 4 is 71.2 Å². The lowest BCUT2D eigenvalue weighted by Crippen LogP contribution is -2.16. The predicted octanol–water partition coefficient (Wildman–Crippen LogP) is 13.5. The molecule has 53 heavy (non-hydrogen) atoms. The molecule has 8 aromatic carbocycles. The van der Waals surface area contributed by atoms with Gasteiger partial charge in [-0.25, -0.2) is 0 Å². The van der Waals surface area contributed by atoms with Crippen molar-refractivity contribution in [2.75, 3.05) is 0 Å². The largest absolute Gasteiger partial charge is 0.309 e. The second-order valence-corrected chi connectivity index (χ2v) is 15.6. The van der Waals surface area contributed by atoms with Crippen LogP contribution >= 0.6 is 0 Å². The number of rotatable bonds is 2. The van der Waals surface area contributed by atoms with Crippen LogP contribution in [0.2, 0.25) is 0 Å². The van der Waals surface area contributed by atoms with Crippen LogP contribution in [0, 0.1) is 0 Å². The van der Waals surface area contributed by atoms with Gasteiger partial charge in [-0.1, -0.05) is 117 Å². The number of benzene rings is 8. The zero-order valence-corrected chi connectivity index (χ0v) is 29.8. The van der Waals surface area contributed by atoms with Gasteiger partial charge in [0, 0.05) is 38.3 Å². The molecule has 0 unspecified atom stereocenters. The van der Waals surface area contributed by atoms with E-state index in [9.17, 15) is 0 Å². The summed E-state index contributed by atoms with van der Waals surface area (Å²) in [6.45, 7) is 4.90. The molecule has 0 atom stereocenters. The summed E-state index contributed by atoms with van der Waals surface area (Å²) in [6.07, 6.45) is 6.88. The Kier molecular flexibility index (Phi) is 5.71. The van der Waals surface area contributed by atoms with Gasteiger partial charge in [-0.3, -0.25) is 0 Å². The average molecular weight is 677 g/mol. The summed E-state index contributed by atoms with van der Waals surface area (Å²) in [4.78, 5) is 0. The fourth-order valence-corrected chi connectivity index (χ4v) is 10.2. The topological polar surface area (TPSA) is 9.86 Å². The Bertz CT molecular complexity index is 3240. The van der Waals surface area contributed by atoms with Crippen LogP contribution in [0.15, 0.2) is 152 Å². The molecule has 0 saturated carbocycles. The monoisotopic (exact) mass is 676 g/mol. The second kappa shape index (κ2) is 10.4. The van der Waals surface area contributed by atoms with Crippen molar-refractivity contribution in [1.29, 1.82) is 0 Å². The number of hydrogen-bond donors (Lipinski definition) is 0. The Morgan fingerprint density at radius 2 is 1.15 bits per heavy atom. The molecule has 0 saturated heterocycles. The summed E-state index contributed by atoms with van der Waals surface area (Å²) in [6, 6.07) is 54.6. The first-order chi connectivity index (χ1) is 26.1. The van der Waals surface area contributed by atoms with Crippen molar-refractivity contribution in [3.63, 3.8) is 0 Å². The highest BCUT2D eigenvalue weighted by Crippen LogP contribution is 2.55. The summed E-state index contributed by atoms with van der Waals surface area (Å²) in [5, 5.41) is 10.6. The minimum atomic E-state index is -0.213. The summed E-state index contributed by atoms with van der Waals surface area (Å²) in [5.74, 6) is 0. The van der Waals surface area contributed by atoms with E-state index in [4.69, 9.17) is 0 Å². The second-order valence-electron chi connectivity index (χ2n) is 15.6.